The van der Waals surface area contributed by atoms with Gasteiger partial charge < -0.3 is 0 Å². The lowest BCUT2D eigenvalue weighted by Crippen LogP contribution is -2.05. The zero-order valence-electron chi connectivity index (χ0n) is 14.7. The number of hydrogen-bond donors (Lipinski definition) is 0. The third-order valence-corrected chi connectivity index (χ3v) is 5.54. The zero-order chi connectivity index (χ0) is 19.3. The standard InChI is InChI=1S/C21H15BrN4OS/c22-17-6-8-18(9-7-17)26-20(16-10-12-23-13-11-16)24-25-21(26)28-14-19(27)15-4-2-1-3-5-15/h1-13H,14H2. The Hall–Kier alpha value is -2.77. The summed E-state index contributed by atoms with van der Waals surface area (Å²) in [7, 11) is 0. The number of pyridine rings is 1. The second kappa shape index (κ2) is 8.50. The number of aromatic nitrogens is 4. The van der Waals surface area contributed by atoms with Gasteiger partial charge in [0.2, 0.25) is 0 Å². The number of benzene rings is 2. The van der Waals surface area contributed by atoms with E-state index in [9.17, 15) is 4.79 Å². The molecule has 7 heteroatoms. The molecule has 4 aromatic rings. The lowest BCUT2D eigenvalue weighted by molar-refractivity contribution is 0.102. The lowest BCUT2D eigenvalue weighted by Gasteiger charge is -2.10. The van der Waals surface area contributed by atoms with Crippen molar-refractivity contribution in [3.63, 3.8) is 0 Å². The van der Waals surface area contributed by atoms with Gasteiger partial charge in [0.15, 0.2) is 16.8 Å². The van der Waals surface area contributed by atoms with Crippen LogP contribution in [-0.4, -0.2) is 31.3 Å². The average molecular weight is 451 g/mol. The highest BCUT2D eigenvalue weighted by Gasteiger charge is 2.17. The van der Waals surface area contributed by atoms with Gasteiger partial charge in [0.1, 0.15) is 0 Å². The van der Waals surface area contributed by atoms with Gasteiger partial charge >= 0.3 is 0 Å². The first-order valence-corrected chi connectivity index (χ1v) is 10.3. The van der Waals surface area contributed by atoms with E-state index in [1.807, 2.05) is 71.3 Å². The quantitative estimate of drug-likeness (QED) is 0.303. The monoisotopic (exact) mass is 450 g/mol. The normalized spacial score (nSPS) is 10.8. The molecule has 4 rings (SSSR count). The Kier molecular flexibility index (Phi) is 5.64. The minimum Gasteiger partial charge on any atom is -0.293 e. The number of rotatable bonds is 6. The molecule has 138 valence electrons. The summed E-state index contributed by atoms with van der Waals surface area (Å²) >= 11 is 4.84. The third kappa shape index (κ3) is 4.05. The van der Waals surface area contributed by atoms with Crippen molar-refractivity contribution in [3.8, 4) is 17.1 Å². The number of hydrogen-bond acceptors (Lipinski definition) is 5. The topological polar surface area (TPSA) is 60.7 Å². The van der Waals surface area contributed by atoms with Crippen LogP contribution >= 0.6 is 27.7 Å². The molecule has 0 amide bonds. The van der Waals surface area contributed by atoms with Crippen LogP contribution in [0.1, 0.15) is 10.4 Å². The first-order valence-electron chi connectivity index (χ1n) is 8.55. The Morgan fingerprint density at radius 2 is 1.64 bits per heavy atom. The van der Waals surface area contributed by atoms with Crippen molar-refractivity contribution in [1.82, 2.24) is 19.7 Å². The smallest absolute Gasteiger partial charge is 0.196 e. The molecule has 0 radical (unpaired) electrons. The molecule has 0 aliphatic rings. The summed E-state index contributed by atoms with van der Waals surface area (Å²) in [6.45, 7) is 0. The maximum absolute atomic E-state index is 12.5. The third-order valence-electron chi connectivity index (χ3n) is 4.08. The molecular formula is C21H15BrN4OS. The van der Waals surface area contributed by atoms with Crippen molar-refractivity contribution in [2.45, 2.75) is 5.16 Å². The molecule has 2 aromatic carbocycles. The van der Waals surface area contributed by atoms with Crippen LogP contribution < -0.4 is 0 Å². The van der Waals surface area contributed by atoms with E-state index in [1.54, 1.807) is 12.4 Å². The number of carbonyl (C=O) groups is 1. The van der Waals surface area contributed by atoms with Gasteiger partial charge in [0.25, 0.3) is 0 Å². The van der Waals surface area contributed by atoms with Crippen molar-refractivity contribution < 1.29 is 4.79 Å². The van der Waals surface area contributed by atoms with Gasteiger partial charge in [-0.25, -0.2) is 0 Å². The van der Waals surface area contributed by atoms with Crippen molar-refractivity contribution in [2.75, 3.05) is 5.75 Å². The van der Waals surface area contributed by atoms with Gasteiger partial charge in [0.05, 0.1) is 5.75 Å². The lowest BCUT2D eigenvalue weighted by atomic mass is 10.2. The molecule has 28 heavy (non-hydrogen) atoms. The van der Waals surface area contributed by atoms with E-state index in [2.05, 4.69) is 31.1 Å². The first kappa shape index (κ1) is 18.6. The van der Waals surface area contributed by atoms with Crippen LogP contribution in [-0.2, 0) is 0 Å². The fourth-order valence-electron chi connectivity index (χ4n) is 2.71. The van der Waals surface area contributed by atoms with E-state index in [4.69, 9.17) is 0 Å². The fraction of sp³-hybridized carbons (Fsp3) is 0.0476. The van der Waals surface area contributed by atoms with Crippen molar-refractivity contribution >= 4 is 33.5 Å². The number of thioether (sulfide) groups is 1. The van der Waals surface area contributed by atoms with E-state index in [1.165, 1.54) is 11.8 Å². The van der Waals surface area contributed by atoms with Crippen LogP contribution in [0.25, 0.3) is 17.1 Å². The Balaban J connectivity index is 1.68. The summed E-state index contributed by atoms with van der Waals surface area (Å²) in [6.07, 6.45) is 3.45. The van der Waals surface area contributed by atoms with Gasteiger partial charge in [-0.05, 0) is 36.4 Å². The minimum absolute atomic E-state index is 0.0569. The maximum Gasteiger partial charge on any atom is 0.196 e. The summed E-state index contributed by atoms with van der Waals surface area (Å²) < 4.78 is 2.95. The van der Waals surface area contributed by atoms with Crippen molar-refractivity contribution in [2.24, 2.45) is 0 Å². The molecule has 2 heterocycles. The molecule has 0 aliphatic heterocycles. The van der Waals surface area contributed by atoms with E-state index in [-0.39, 0.29) is 11.5 Å². The van der Waals surface area contributed by atoms with E-state index >= 15 is 0 Å². The molecule has 0 aliphatic carbocycles. The zero-order valence-corrected chi connectivity index (χ0v) is 17.1. The van der Waals surface area contributed by atoms with E-state index in [0.29, 0.717) is 16.5 Å². The summed E-state index contributed by atoms with van der Waals surface area (Å²) in [4.78, 5) is 16.6. The van der Waals surface area contributed by atoms with Gasteiger partial charge in [0, 0.05) is 33.7 Å². The highest BCUT2D eigenvalue weighted by molar-refractivity contribution is 9.10. The summed E-state index contributed by atoms with van der Waals surface area (Å²) in [5, 5.41) is 9.39. The van der Waals surface area contributed by atoms with Crippen LogP contribution in [0.2, 0.25) is 0 Å². The maximum atomic E-state index is 12.5. The van der Waals surface area contributed by atoms with Gasteiger partial charge in [-0.3, -0.25) is 14.3 Å². The van der Waals surface area contributed by atoms with E-state index < -0.39 is 0 Å². The molecule has 0 atom stereocenters. The number of Topliss-reactive ketones (excluding diaryl/α,β-unsaturated/α-hetero) is 1. The molecule has 0 unspecified atom stereocenters. The van der Waals surface area contributed by atoms with Crippen LogP contribution in [0.15, 0.2) is 88.8 Å². The average Bonchev–Trinajstić information content (AvgIpc) is 3.18. The first-order chi connectivity index (χ1) is 13.7. The number of ketones is 1. The predicted octanol–water partition coefficient (Wildman–Crippen LogP) is 5.07. The highest BCUT2D eigenvalue weighted by Crippen LogP contribution is 2.28. The summed E-state index contributed by atoms with van der Waals surface area (Å²) in [5.41, 5.74) is 2.53. The van der Waals surface area contributed by atoms with Crippen molar-refractivity contribution in [3.05, 3.63) is 89.2 Å². The SMILES string of the molecule is O=C(CSc1nnc(-c2ccncc2)n1-c1ccc(Br)cc1)c1ccccc1. The Bertz CT molecular complexity index is 1080. The molecule has 0 bridgehead atoms. The van der Waals surface area contributed by atoms with Crippen LogP contribution in [0.4, 0.5) is 0 Å². The largest absolute Gasteiger partial charge is 0.293 e. The second-order valence-corrected chi connectivity index (χ2v) is 7.79. The van der Waals surface area contributed by atoms with Gasteiger partial charge in [-0.2, -0.15) is 0 Å². The van der Waals surface area contributed by atoms with Crippen LogP contribution in [0.5, 0.6) is 0 Å². The summed E-state index contributed by atoms with van der Waals surface area (Å²) in [6, 6.07) is 21.0. The van der Waals surface area contributed by atoms with Gasteiger partial charge in [-0.15, -0.1) is 10.2 Å². The predicted molar refractivity (Wildman–Crippen MR) is 114 cm³/mol. The highest BCUT2D eigenvalue weighted by atomic mass is 79.9. The number of nitrogens with zero attached hydrogens (tertiary/aromatic N) is 4. The second-order valence-electron chi connectivity index (χ2n) is 5.93. The molecule has 0 N–H and O–H groups in total. The number of carbonyl (C=O) groups excluding carboxylic acids is 1. The fourth-order valence-corrected chi connectivity index (χ4v) is 3.82. The Morgan fingerprint density at radius 3 is 2.36 bits per heavy atom. The molecule has 5 nitrogen and oxygen atoms in total. The summed E-state index contributed by atoms with van der Waals surface area (Å²) in [5.74, 6) is 1.05. The van der Waals surface area contributed by atoms with Crippen LogP contribution in [0.3, 0.4) is 0 Å². The Morgan fingerprint density at radius 1 is 0.929 bits per heavy atom. The van der Waals surface area contributed by atoms with Crippen molar-refractivity contribution in [1.29, 1.82) is 0 Å². The molecule has 0 spiro atoms. The minimum atomic E-state index is 0.0569. The molecule has 2 aromatic heterocycles. The van der Waals surface area contributed by atoms with Gasteiger partial charge in [-0.1, -0.05) is 58.0 Å². The molecule has 0 fully saturated rings. The van der Waals surface area contributed by atoms with E-state index in [0.717, 1.165) is 15.7 Å². The molecule has 0 saturated heterocycles. The number of halogens is 1. The van der Waals surface area contributed by atoms with Crippen LogP contribution in [0, 0.1) is 0 Å². The molecular weight excluding hydrogens is 436 g/mol. The Labute approximate surface area is 175 Å². The molecule has 0 saturated carbocycles.